The van der Waals surface area contributed by atoms with E-state index in [4.69, 9.17) is 10.8 Å². The zero-order valence-corrected chi connectivity index (χ0v) is 9.56. The number of hydrogen-bond acceptors (Lipinski definition) is 5. The molecule has 0 amide bonds. The van der Waals surface area contributed by atoms with E-state index in [0.717, 1.165) is 31.0 Å². The van der Waals surface area contributed by atoms with Crippen LogP contribution in [0.4, 0.5) is 11.6 Å². The Morgan fingerprint density at radius 2 is 2.25 bits per heavy atom. The smallest absolute Gasteiger partial charge is 0.136 e. The molecule has 1 aromatic heterocycles. The second-order valence-electron chi connectivity index (χ2n) is 4.09. The fraction of sp³-hybridized carbons (Fsp3) is 0.636. The van der Waals surface area contributed by atoms with Crippen molar-refractivity contribution in [3.63, 3.8) is 0 Å². The van der Waals surface area contributed by atoms with Crippen LogP contribution in [-0.2, 0) is 0 Å². The van der Waals surface area contributed by atoms with Crippen LogP contribution in [0.1, 0.15) is 31.5 Å². The maximum atomic E-state index is 8.97. The summed E-state index contributed by atoms with van der Waals surface area (Å²) in [5.74, 6) is 2.69. The molecule has 1 aromatic rings. The van der Waals surface area contributed by atoms with Crippen molar-refractivity contribution in [3.8, 4) is 0 Å². The van der Waals surface area contributed by atoms with Crippen LogP contribution in [0.15, 0.2) is 6.07 Å². The van der Waals surface area contributed by atoms with Gasteiger partial charge in [-0.2, -0.15) is 0 Å². The second kappa shape index (κ2) is 4.65. The minimum Gasteiger partial charge on any atom is -0.395 e. The van der Waals surface area contributed by atoms with E-state index in [9.17, 15) is 0 Å². The number of rotatable bonds is 5. The molecule has 0 spiro atoms. The third-order valence-electron chi connectivity index (χ3n) is 2.77. The van der Waals surface area contributed by atoms with Crippen molar-refractivity contribution in [1.82, 2.24) is 9.97 Å². The molecular formula is C11H18N4O. The van der Waals surface area contributed by atoms with Gasteiger partial charge in [-0.1, -0.05) is 0 Å². The summed E-state index contributed by atoms with van der Waals surface area (Å²) in [7, 11) is 0. The largest absolute Gasteiger partial charge is 0.395 e. The molecule has 0 radical (unpaired) electrons. The van der Waals surface area contributed by atoms with E-state index in [1.165, 1.54) is 0 Å². The molecule has 0 bridgehead atoms. The highest BCUT2D eigenvalue weighted by molar-refractivity contribution is 5.47. The Balaban J connectivity index is 2.24. The first kappa shape index (κ1) is 11.1. The van der Waals surface area contributed by atoms with Gasteiger partial charge in [0, 0.05) is 25.1 Å². The normalized spacial score (nSPS) is 15.1. The predicted octanol–water partition coefficient (Wildman–Crippen LogP) is 0.755. The van der Waals surface area contributed by atoms with E-state index in [0.29, 0.717) is 18.3 Å². The Morgan fingerprint density at radius 1 is 1.50 bits per heavy atom. The number of aliphatic hydroxyl groups is 1. The average molecular weight is 222 g/mol. The van der Waals surface area contributed by atoms with Gasteiger partial charge in [-0.3, -0.25) is 0 Å². The molecule has 2 rings (SSSR count). The minimum absolute atomic E-state index is 0.122. The highest BCUT2D eigenvalue weighted by atomic mass is 16.3. The van der Waals surface area contributed by atoms with Gasteiger partial charge in [0.05, 0.1) is 6.61 Å². The van der Waals surface area contributed by atoms with E-state index in [1.807, 2.05) is 11.8 Å². The number of nitrogen functional groups attached to an aromatic ring is 1. The van der Waals surface area contributed by atoms with Gasteiger partial charge in [0.2, 0.25) is 0 Å². The Labute approximate surface area is 95.3 Å². The first-order valence-electron chi connectivity index (χ1n) is 5.75. The molecule has 1 aliphatic carbocycles. The number of hydrogen-bond donors (Lipinski definition) is 2. The Bertz CT molecular complexity index is 365. The fourth-order valence-electron chi connectivity index (χ4n) is 1.71. The molecule has 0 saturated heterocycles. The molecular weight excluding hydrogens is 204 g/mol. The third kappa shape index (κ3) is 2.41. The van der Waals surface area contributed by atoms with Crippen LogP contribution in [0.2, 0.25) is 0 Å². The number of anilines is 2. The molecule has 1 fully saturated rings. The number of aromatic nitrogens is 2. The zero-order valence-electron chi connectivity index (χ0n) is 9.56. The highest BCUT2D eigenvalue weighted by Gasteiger charge is 2.27. The molecule has 5 heteroatoms. The van der Waals surface area contributed by atoms with Crippen molar-refractivity contribution in [2.45, 2.75) is 25.7 Å². The lowest BCUT2D eigenvalue weighted by Gasteiger charge is -2.21. The Morgan fingerprint density at radius 3 is 2.81 bits per heavy atom. The van der Waals surface area contributed by atoms with Gasteiger partial charge in [0.15, 0.2) is 0 Å². The SMILES string of the molecule is CCN(CCO)c1cc(N)nc(C2CC2)n1. The lowest BCUT2D eigenvalue weighted by molar-refractivity contribution is 0.302. The summed E-state index contributed by atoms with van der Waals surface area (Å²) in [6, 6.07) is 1.77. The van der Waals surface area contributed by atoms with Crippen LogP contribution in [0, 0.1) is 0 Å². The molecule has 5 nitrogen and oxygen atoms in total. The molecule has 0 aliphatic heterocycles. The van der Waals surface area contributed by atoms with Gasteiger partial charge in [0.25, 0.3) is 0 Å². The van der Waals surface area contributed by atoms with E-state index in [2.05, 4.69) is 9.97 Å². The van der Waals surface area contributed by atoms with Crippen molar-refractivity contribution >= 4 is 11.6 Å². The van der Waals surface area contributed by atoms with E-state index in [-0.39, 0.29) is 6.61 Å². The first-order valence-corrected chi connectivity index (χ1v) is 5.75. The summed E-state index contributed by atoms with van der Waals surface area (Å²) < 4.78 is 0. The molecule has 1 heterocycles. The quantitative estimate of drug-likeness (QED) is 0.769. The predicted molar refractivity (Wildman–Crippen MR) is 63.4 cm³/mol. The Kier molecular flexibility index (Phi) is 3.24. The number of aliphatic hydroxyl groups excluding tert-OH is 1. The van der Waals surface area contributed by atoms with Crippen LogP contribution in [-0.4, -0.2) is 34.8 Å². The maximum absolute atomic E-state index is 8.97. The molecule has 16 heavy (non-hydrogen) atoms. The highest BCUT2D eigenvalue weighted by Crippen LogP contribution is 2.38. The second-order valence-corrected chi connectivity index (χ2v) is 4.09. The molecule has 88 valence electrons. The molecule has 0 atom stereocenters. The lowest BCUT2D eigenvalue weighted by Crippen LogP contribution is -2.27. The molecule has 1 aliphatic rings. The topological polar surface area (TPSA) is 75.3 Å². The molecule has 0 unspecified atom stereocenters. The van der Waals surface area contributed by atoms with Crippen molar-refractivity contribution in [2.24, 2.45) is 0 Å². The lowest BCUT2D eigenvalue weighted by atomic mass is 10.3. The number of nitrogens with two attached hydrogens (primary N) is 1. The summed E-state index contributed by atoms with van der Waals surface area (Å²) in [6.07, 6.45) is 2.32. The number of nitrogens with zero attached hydrogens (tertiary/aromatic N) is 3. The van der Waals surface area contributed by atoms with Gasteiger partial charge >= 0.3 is 0 Å². The van der Waals surface area contributed by atoms with Crippen molar-refractivity contribution < 1.29 is 5.11 Å². The van der Waals surface area contributed by atoms with Gasteiger partial charge < -0.3 is 15.7 Å². The van der Waals surface area contributed by atoms with Crippen LogP contribution >= 0.6 is 0 Å². The zero-order chi connectivity index (χ0) is 11.5. The molecule has 1 saturated carbocycles. The summed E-state index contributed by atoms with van der Waals surface area (Å²) in [4.78, 5) is 10.8. The van der Waals surface area contributed by atoms with Crippen molar-refractivity contribution in [3.05, 3.63) is 11.9 Å². The molecule has 0 aromatic carbocycles. The average Bonchev–Trinajstić information content (AvgIpc) is 3.08. The van der Waals surface area contributed by atoms with Crippen molar-refractivity contribution in [2.75, 3.05) is 30.3 Å². The van der Waals surface area contributed by atoms with Gasteiger partial charge in [-0.25, -0.2) is 9.97 Å². The van der Waals surface area contributed by atoms with Crippen LogP contribution < -0.4 is 10.6 Å². The maximum Gasteiger partial charge on any atom is 0.136 e. The van der Waals surface area contributed by atoms with Crippen LogP contribution in [0.3, 0.4) is 0 Å². The van der Waals surface area contributed by atoms with E-state index < -0.39 is 0 Å². The van der Waals surface area contributed by atoms with Gasteiger partial charge in [-0.15, -0.1) is 0 Å². The van der Waals surface area contributed by atoms with E-state index in [1.54, 1.807) is 6.07 Å². The van der Waals surface area contributed by atoms with Crippen LogP contribution in [0.5, 0.6) is 0 Å². The van der Waals surface area contributed by atoms with E-state index >= 15 is 0 Å². The summed E-state index contributed by atoms with van der Waals surface area (Å²) >= 11 is 0. The summed E-state index contributed by atoms with van der Waals surface area (Å²) in [6.45, 7) is 3.54. The Hall–Kier alpha value is -1.36. The molecule has 3 N–H and O–H groups in total. The third-order valence-corrected chi connectivity index (χ3v) is 2.77. The number of likely N-dealkylation sites (N-methyl/N-ethyl adjacent to an activating group) is 1. The van der Waals surface area contributed by atoms with Gasteiger partial charge in [0.1, 0.15) is 17.5 Å². The first-order chi connectivity index (χ1) is 7.74. The summed E-state index contributed by atoms with van der Waals surface area (Å²) in [5, 5.41) is 8.97. The fourth-order valence-corrected chi connectivity index (χ4v) is 1.71. The van der Waals surface area contributed by atoms with Crippen LogP contribution in [0.25, 0.3) is 0 Å². The summed E-state index contributed by atoms with van der Waals surface area (Å²) in [5.41, 5.74) is 5.77. The minimum atomic E-state index is 0.122. The van der Waals surface area contributed by atoms with Crippen molar-refractivity contribution in [1.29, 1.82) is 0 Å². The standard InChI is InChI=1S/C11H18N4O/c1-2-15(5-6-16)10-7-9(12)13-11(14-10)8-3-4-8/h7-8,16H,2-6H2,1H3,(H2,12,13,14). The van der Waals surface area contributed by atoms with Gasteiger partial charge in [-0.05, 0) is 19.8 Å². The monoisotopic (exact) mass is 222 g/mol.